The van der Waals surface area contributed by atoms with Crippen LogP contribution in [0.3, 0.4) is 0 Å². The van der Waals surface area contributed by atoms with Gasteiger partial charge in [0.2, 0.25) is 0 Å². The maximum absolute atomic E-state index is 12.4. The van der Waals surface area contributed by atoms with Crippen LogP contribution in [0, 0.1) is 0 Å². The number of amides is 2. The average molecular weight is 428 g/mol. The van der Waals surface area contributed by atoms with Crippen LogP contribution in [-0.4, -0.2) is 48.4 Å². The molecule has 28 heavy (non-hydrogen) atoms. The van der Waals surface area contributed by atoms with Crippen molar-refractivity contribution in [1.29, 1.82) is 0 Å². The van der Waals surface area contributed by atoms with Crippen molar-refractivity contribution in [2.24, 2.45) is 0 Å². The van der Waals surface area contributed by atoms with E-state index in [-0.39, 0.29) is 11.0 Å². The third kappa shape index (κ3) is 5.20. The van der Waals surface area contributed by atoms with E-state index in [1.54, 1.807) is 12.1 Å². The predicted molar refractivity (Wildman–Crippen MR) is 108 cm³/mol. The standard InChI is InChI=1S/C19H22ClNO6S/c1-5-11(3)27-17-13(20)7-12(8-14(17)26-6-2)9-15-18(23)21(19(24)28-15)10-16(22)25-4/h7-9,11H,5-6,10H2,1-4H3/b15-9+/t11-/m0/s1. The number of hydrogen-bond donors (Lipinski definition) is 0. The van der Waals surface area contributed by atoms with Crippen molar-refractivity contribution in [3.63, 3.8) is 0 Å². The molecule has 1 aromatic rings. The zero-order valence-electron chi connectivity index (χ0n) is 16.1. The van der Waals surface area contributed by atoms with Gasteiger partial charge in [0.05, 0.1) is 29.7 Å². The quantitative estimate of drug-likeness (QED) is 0.455. The van der Waals surface area contributed by atoms with E-state index >= 15 is 0 Å². The summed E-state index contributed by atoms with van der Waals surface area (Å²) in [6.07, 6.45) is 2.29. The second-order valence-corrected chi connectivity index (χ2v) is 7.34. The van der Waals surface area contributed by atoms with Gasteiger partial charge in [0.25, 0.3) is 11.1 Å². The van der Waals surface area contributed by atoms with Crippen molar-refractivity contribution in [3.8, 4) is 11.5 Å². The fourth-order valence-electron chi connectivity index (χ4n) is 2.31. The summed E-state index contributed by atoms with van der Waals surface area (Å²) in [4.78, 5) is 36.9. The van der Waals surface area contributed by atoms with Gasteiger partial charge in [-0.05, 0) is 55.8 Å². The van der Waals surface area contributed by atoms with Crippen molar-refractivity contribution < 1.29 is 28.6 Å². The lowest BCUT2D eigenvalue weighted by molar-refractivity contribution is -0.143. The van der Waals surface area contributed by atoms with E-state index in [0.717, 1.165) is 23.1 Å². The first-order valence-electron chi connectivity index (χ1n) is 8.75. The minimum Gasteiger partial charge on any atom is -0.490 e. The van der Waals surface area contributed by atoms with Crippen molar-refractivity contribution >= 4 is 46.6 Å². The van der Waals surface area contributed by atoms with Crippen molar-refractivity contribution in [2.45, 2.75) is 33.3 Å². The molecule has 1 aromatic carbocycles. The summed E-state index contributed by atoms with van der Waals surface area (Å²) in [6.45, 7) is 5.75. The number of thioether (sulfide) groups is 1. The molecular formula is C19H22ClNO6S. The van der Waals surface area contributed by atoms with Crippen LogP contribution in [0.5, 0.6) is 11.5 Å². The molecule has 0 aromatic heterocycles. The monoisotopic (exact) mass is 427 g/mol. The number of hydrogen-bond acceptors (Lipinski definition) is 7. The van der Waals surface area contributed by atoms with E-state index in [9.17, 15) is 14.4 Å². The molecule has 2 amide bonds. The summed E-state index contributed by atoms with van der Waals surface area (Å²) in [6, 6.07) is 3.33. The Morgan fingerprint density at radius 3 is 2.64 bits per heavy atom. The highest BCUT2D eigenvalue weighted by atomic mass is 35.5. The van der Waals surface area contributed by atoms with Gasteiger partial charge < -0.3 is 14.2 Å². The van der Waals surface area contributed by atoms with E-state index < -0.39 is 23.7 Å². The predicted octanol–water partition coefficient (Wildman–Crippen LogP) is 4.13. The number of carbonyl (C=O) groups excluding carboxylic acids is 3. The molecule has 1 saturated heterocycles. The first kappa shape index (κ1) is 22.1. The highest BCUT2D eigenvalue weighted by molar-refractivity contribution is 8.18. The molecule has 0 bridgehead atoms. The van der Waals surface area contributed by atoms with Gasteiger partial charge in [-0.3, -0.25) is 19.3 Å². The number of benzene rings is 1. The molecule has 0 spiro atoms. The summed E-state index contributed by atoms with van der Waals surface area (Å²) in [5.41, 5.74) is 0.577. The van der Waals surface area contributed by atoms with Gasteiger partial charge in [-0.15, -0.1) is 0 Å². The first-order chi connectivity index (χ1) is 13.3. The highest BCUT2D eigenvalue weighted by Gasteiger charge is 2.36. The zero-order chi connectivity index (χ0) is 20.8. The Labute approximate surface area is 172 Å². The summed E-state index contributed by atoms with van der Waals surface area (Å²) in [5, 5.41) is -0.194. The van der Waals surface area contributed by atoms with Gasteiger partial charge in [-0.25, -0.2) is 0 Å². The second kappa shape index (κ2) is 9.84. The second-order valence-electron chi connectivity index (χ2n) is 5.94. The Balaban J connectivity index is 2.33. The molecule has 1 atom stereocenters. The third-order valence-electron chi connectivity index (χ3n) is 3.91. The van der Waals surface area contributed by atoms with Crippen LogP contribution in [-0.2, 0) is 14.3 Å². The number of halogens is 1. The summed E-state index contributed by atoms with van der Waals surface area (Å²) < 4.78 is 16.0. The van der Waals surface area contributed by atoms with Crippen molar-refractivity contribution in [2.75, 3.05) is 20.3 Å². The molecule has 7 nitrogen and oxygen atoms in total. The third-order valence-corrected chi connectivity index (χ3v) is 5.10. The zero-order valence-corrected chi connectivity index (χ0v) is 17.7. The van der Waals surface area contributed by atoms with Crippen LogP contribution in [0.2, 0.25) is 5.02 Å². The van der Waals surface area contributed by atoms with Gasteiger partial charge in [0.1, 0.15) is 6.54 Å². The lowest BCUT2D eigenvalue weighted by atomic mass is 10.1. The number of rotatable bonds is 8. The number of methoxy groups -OCH3 is 1. The number of imide groups is 1. The normalized spacial score (nSPS) is 16.5. The van der Waals surface area contributed by atoms with E-state index in [4.69, 9.17) is 21.1 Å². The maximum Gasteiger partial charge on any atom is 0.325 e. The molecule has 0 aliphatic carbocycles. The van der Waals surface area contributed by atoms with Crippen LogP contribution >= 0.6 is 23.4 Å². The van der Waals surface area contributed by atoms with Gasteiger partial charge in [-0.2, -0.15) is 0 Å². The van der Waals surface area contributed by atoms with Crippen molar-refractivity contribution in [3.05, 3.63) is 27.6 Å². The minimum absolute atomic E-state index is 0.0441. The molecule has 1 aliphatic heterocycles. The smallest absolute Gasteiger partial charge is 0.325 e. The summed E-state index contributed by atoms with van der Waals surface area (Å²) in [5.74, 6) is -0.338. The average Bonchev–Trinajstić information content (AvgIpc) is 2.91. The summed E-state index contributed by atoms with van der Waals surface area (Å²) >= 11 is 7.12. The molecule has 2 rings (SSSR count). The van der Waals surface area contributed by atoms with Crippen LogP contribution in [0.4, 0.5) is 4.79 Å². The number of ether oxygens (including phenoxy) is 3. The molecule has 0 radical (unpaired) electrons. The lowest BCUT2D eigenvalue weighted by Crippen LogP contribution is -2.34. The molecule has 0 unspecified atom stereocenters. The minimum atomic E-state index is -0.670. The number of carbonyl (C=O) groups is 3. The van der Waals surface area contributed by atoms with Crippen LogP contribution in [0.25, 0.3) is 6.08 Å². The Bertz CT molecular complexity index is 810. The van der Waals surface area contributed by atoms with E-state index in [1.807, 2.05) is 20.8 Å². The summed E-state index contributed by atoms with van der Waals surface area (Å²) in [7, 11) is 1.19. The number of nitrogens with zero attached hydrogens (tertiary/aromatic N) is 1. The van der Waals surface area contributed by atoms with Crippen LogP contribution in [0.15, 0.2) is 17.0 Å². The molecule has 0 saturated carbocycles. The Kier molecular flexibility index (Phi) is 7.77. The van der Waals surface area contributed by atoms with Crippen molar-refractivity contribution in [1.82, 2.24) is 4.90 Å². The topological polar surface area (TPSA) is 82.1 Å². The molecule has 9 heteroatoms. The molecule has 1 aliphatic rings. The van der Waals surface area contributed by atoms with E-state index in [0.29, 0.717) is 28.7 Å². The lowest BCUT2D eigenvalue weighted by Gasteiger charge is -2.18. The fourth-order valence-corrected chi connectivity index (χ4v) is 3.42. The Morgan fingerprint density at radius 2 is 2.04 bits per heavy atom. The van der Waals surface area contributed by atoms with Gasteiger partial charge in [0, 0.05) is 0 Å². The molecule has 152 valence electrons. The SMILES string of the molecule is CCOc1cc(/C=C2/SC(=O)N(CC(=O)OC)C2=O)cc(Cl)c1O[C@@H](C)CC. The first-order valence-corrected chi connectivity index (χ1v) is 9.95. The highest BCUT2D eigenvalue weighted by Crippen LogP contribution is 2.39. The molecule has 0 N–H and O–H groups in total. The maximum atomic E-state index is 12.4. The van der Waals surface area contributed by atoms with E-state index in [1.165, 1.54) is 13.2 Å². The fraction of sp³-hybridized carbons (Fsp3) is 0.421. The van der Waals surface area contributed by atoms with Gasteiger partial charge >= 0.3 is 5.97 Å². The van der Waals surface area contributed by atoms with Crippen LogP contribution in [0.1, 0.15) is 32.8 Å². The number of esters is 1. The Hall–Kier alpha value is -2.19. The van der Waals surface area contributed by atoms with Gasteiger partial charge in [0.15, 0.2) is 11.5 Å². The Morgan fingerprint density at radius 1 is 1.32 bits per heavy atom. The van der Waals surface area contributed by atoms with Gasteiger partial charge in [-0.1, -0.05) is 18.5 Å². The molecular weight excluding hydrogens is 406 g/mol. The molecule has 1 fully saturated rings. The largest absolute Gasteiger partial charge is 0.490 e. The van der Waals surface area contributed by atoms with Crippen LogP contribution < -0.4 is 9.47 Å². The van der Waals surface area contributed by atoms with E-state index in [2.05, 4.69) is 4.74 Å². The molecule has 1 heterocycles.